The molecular formula is C13H25NO5. The zero-order valence-corrected chi connectivity index (χ0v) is 11.6. The van der Waals surface area contributed by atoms with Crippen LogP contribution in [0, 0.1) is 0 Å². The van der Waals surface area contributed by atoms with E-state index in [2.05, 4.69) is 19.1 Å². The molecule has 112 valence electrons. The Morgan fingerprint density at radius 3 is 2.47 bits per heavy atom. The van der Waals surface area contributed by atoms with E-state index in [0.717, 1.165) is 25.7 Å². The smallest absolute Gasteiger partial charge is 0.187 e. The van der Waals surface area contributed by atoms with Gasteiger partial charge in [-0.05, 0) is 25.7 Å². The lowest BCUT2D eigenvalue weighted by Crippen LogP contribution is -2.56. The molecule has 0 bridgehead atoms. The van der Waals surface area contributed by atoms with E-state index in [1.165, 1.54) is 0 Å². The van der Waals surface area contributed by atoms with Gasteiger partial charge in [0, 0.05) is 0 Å². The number of allylic oxidation sites excluding steroid dienone is 2. The minimum absolute atomic E-state index is 0.0359. The molecular weight excluding hydrogens is 250 g/mol. The number of carbonyl (C=O) groups is 1. The third-order valence-corrected chi connectivity index (χ3v) is 2.74. The van der Waals surface area contributed by atoms with E-state index in [4.69, 9.17) is 14.9 Å². The van der Waals surface area contributed by atoms with Gasteiger partial charge in [-0.25, -0.2) is 0 Å². The molecule has 0 aromatic heterocycles. The van der Waals surface area contributed by atoms with E-state index in [-0.39, 0.29) is 6.73 Å². The lowest BCUT2D eigenvalue weighted by molar-refractivity contribution is -0.972. The zero-order valence-electron chi connectivity index (χ0n) is 11.6. The summed E-state index contributed by atoms with van der Waals surface area (Å²) in [5, 5.41) is 28.9. The van der Waals surface area contributed by atoms with Crippen LogP contribution in [-0.2, 0) is 9.53 Å². The van der Waals surface area contributed by atoms with Crippen molar-refractivity contribution in [2.24, 2.45) is 0 Å². The topological polar surface area (TPSA) is 89.8 Å². The van der Waals surface area contributed by atoms with Gasteiger partial charge < -0.3 is 24.9 Å². The highest BCUT2D eigenvalue weighted by Crippen LogP contribution is 2.05. The second-order valence-corrected chi connectivity index (χ2v) is 4.57. The van der Waals surface area contributed by atoms with Crippen molar-refractivity contribution >= 4 is 5.97 Å². The van der Waals surface area contributed by atoms with Crippen molar-refractivity contribution in [3.05, 3.63) is 12.2 Å². The van der Waals surface area contributed by atoms with Crippen LogP contribution in [0.4, 0.5) is 0 Å². The largest absolute Gasteiger partial charge is 0.544 e. The fourth-order valence-corrected chi connectivity index (χ4v) is 1.55. The molecule has 0 unspecified atom stereocenters. The number of aliphatic carboxylic acids is 1. The molecule has 0 amide bonds. The van der Waals surface area contributed by atoms with E-state index in [1.807, 2.05) is 0 Å². The molecule has 0 fully saturated rings. The highest BCUT2D eigenvalue weighted by molar-refractivity contribution is 5.65. The van der Waals surface area contributed by atoms with Gasteiger partial charge in [0.15, 0.2) is 20.2 Å². The highest BCUT2D eigenvalue weighted by Gasteiger charge is 2.25. The number of carboxylic acid groups (broad SMARTS) is 1. The summed E-state index contributed by atoms with van der Waals surface area (Å²) in [4.78, 5) is 10.6. The van der Waals surface area contributed by atoms with Crippen molar-refractivity contribution in [2.75, 3.05) is 33.3 Å². The maximum atomic E-state index is 10.6. The average molecular weight is 275 g/mol. The van der Waals surface area contributed by atoms with Crippen molar-refractivity contribution in [2.45, 2.75) is 32.6 Å². The molecule has 0 heterocycles. The number of aliphatic hydroxyl groups is 2. The third-order valence-electron chi connectivity index (χ3n) is 2.74. The maximum Gasteiger partial charge on any atom is 0.187 e. The van der Waals surface area contributed by atoms with Crippen LogP contribution in [0.5, 0.6) is 0 Å². The number of rotatable bonds is 12. The van der Waals surface area contributed by atoms with Gasteiger partial charge in [-0.15, -0.1) is 0 Å². The normalized spacial score (nSPS) is 12.2. The fraction of sp³-hybridized carbons (Fsp3) is 0.769. The summed E-state index contributed by atoms with van der Waals surface area (Å²) in [5.41, 5.74) is 0. The standard InChI is InChI=1S/C13H25NO5/c1-2-3-4-5-6-7-8-19-12-14(10-15,11-16)9-13(17)18/h3-4,15-16H,2,5-12H2,1H3/b4-3+. The van der Waals surface area contributed by atoms with E-state index < -0.39 is 30.5 Å². The Hall–Kier alpha value is -0.950. The molecule has 0 rings (SSSR count). The van der Waals surface area contributed by atoms with Gasteiger partial charge >= 0.3 is 0 Å². The molecule has 2 N–H and O–H groups in total. The van der Waals surface area contributed by atoms with Gasteiger partial charge in [0.05, 0.1) is 12.6 Å². The van der Waals surface area contributed by atoms with Crippen molar-refractivity contribution in [3.8, 4) is 0 Å². The van der Waals surface area contributed by atoms with Crippen LogP contribution >= 0.6 is 0 Å². The molecule has 19 heavy (non-hydrogen) atoms. The summed E-state index contributed by atoms with van der Waals surface area (Å²) in [6.07, 6.45) is 8.12. The Labute approximate surface area is 114 Å². The molecule has 0 saturated carbocycles. The maximum absolute atomic E-state index is 10.6. The molecule has 0 aromatic carbocycles. The van der Waals surface area contributed by atoms with Crippen LogP contribution in [0.3, 0.4) is 0 Å². The Balaban J connectivity index is 3.81. The highest BCUT2D eigenvalue weighted by atomic mass is 16.5. The summed E-state index contributed by atoms with van der Waals surface area (Å²) >= 11 is 0. The Bertz CT molecular complexity index is 264. The molecule has 6 nitrogen and oxygen atoms in total. The second kappa shape index (κ2) is 10.9. The predicted molar refractivity (Wildman–Crippen MR) is 68.4 cm³/mol. The summed E-state index contributed by atoms with van der Waals surface area (Å²) in [6.45, 7) is 1.07. The monoisotopic (exact) mass is 275 g/mol. The number of carbonyl (C=O) groups excluding carboxylic acids is 1. The number of ether oxygens (including phenoxy) is 1. The lowest BCUT2D eigenvalue weighted by atomic mass is 10.2. The molecule has 0 aliphatic rings. The molecule has 0 radical (unpaired) electrons. The van der Waals surface area contributed by atoms with E-state index >= 15 is 0 Å². The van der Waals surface area contributed by atoms with Crippen LogP contribution in [0.1, 0.15) is 32.6 Å². The van der Waals surface area contributed by atoms with Crippen molar-refractivity contribution in [3.63, 3.8) is 0 Å². The molecule has 0 aliphatic carbocycles. The first-order valence-electron chi connectivity index (χ1n) is 6.59. The van der Waals surface area contributed by atoms with Gasteiger partial charge in [-0.1, -0.05) is 19.1 Å². The van der Waals surface area contributed by atoms with E-state index in [0.29, 0.717) is 6.61 Å². The van der Waals surface area contributed by atoms with Gasteiger partial charge in [0.1, 0.15) is 6.54 Å². The minimum Gasteiger partial charge on any atom is -0.544 e. The van der Waals surface area contributed by atoms with Crippen LogP contribution in [0.2, 0.25) is 0 Å². The predicted octanol–water partition coefficient (Wildman–Crippen LogP) is -0.437. The lowest BCUT2D eigenvalue weighted by Gasteiger charge is -2.33. The summed E-state index contributed by atoms with van der Waals surface area (Å²) in [5.74, 6) is -1.32. The SMILES string of the molecule is CC/C=C/CCCCOC[N+](CO)(CO)CC(=O)[O-]. The Kier molecular flexibility index (Phi) is 10.4. The molecule has 0 aromatic rings. The van der Waals surface area contributed by atoms with E-state index in [9.17, 15) is 9.90 Å². The first kappa shape index (κ1) is 18.0. The van der Waals surface area contributed by atoms with Gasteiger partial charge in [0.25, 0.3) is 0 Å². The first-order valence-corrected chi connectivity index (χ1v) is 6.59. The number of unbranched alkanes of at least 4 members (excludes halogenated alkanes) is 2. The van der Waals surface area contributed by atoms with Crippen molar-refractivity contribution < 1.29 is 29.3 Å². The molecule has 0 atom stereocenters. The molecule has 0 spiro atoms. The number of hydrogen-bond acceptors (Lipinski definition) is 5. The summed E-state index contributed by atoms with van der Waals surface area (Å²) < 4.78 is 4.88. The van der Waals surface area contributed by atoms with Gasteiger partial charge in [0.2, 0.25) is 0 Å². The van der Waals surface area contributed by atoms with Crippen LogP contribution in [0.15, 0.2) is 12.2 Å². The number of hydrogen-bond donors (Lipinski definition) is 2. The van der Waals surface area contributed by atoms with Crippen LogP contribution in [-0.4, -0.2) is 54.0 Å². The molecule has 0 saturated heterocycles. The Morgan fingerprint density at radius 1 is 1.26 bits per heavy atom. The molecule has 6 heteroatoms. The minimum atomic E-state index is -1.32. The summed E-state index contributed by atoms with van der Waals surface area (Å²) in [7, 11) is 0. The molecule has 0 aliphatic heterocycles. The number of nitrogens with zero attached hydrogens (tertiary/aromatic N) is 1. The quantitative estimate of drug-likeness (QED) is 0.218. The first-order chi connectivity index (χ1) is 9.10. The fourth-order valence-electron chi connectivity index (χ4n) is 1.55. The van der Waals surface area contributed by atoms with Gasteiger partial charge in [-0.3, -0.25) is 4.48 Å². The second-order valence-electron chi connectivity index (χ2n) is 4.57. The van der Waals surface area contributed by atoms with E-state index in [1.54, 1.807) is 0 Å². The van der Waals surface area contributed by atoms with Gasteiger partial charge in [-0.2, -0.15) is 0 Å². The van der Waals surface area contributed by atoms with Crippen molar-refractivity contribution in [1.82, 2.24) is 0 Å². The van der Waals surface area contributed by atoms with Crippen molar-refractivity contribution in [1.29, 1.82) is 0 Å². The van der Waals surface area contributed by atoms with Crippen LogP contribution < -0.4 is 5.11 Å². The number of aliphatic hydroxyl groups excluding tert-OH is 2. The number of quaternary nitrogens is 1. The third kappa shape index (κ3) is 8.72. The summed E-state index contributed by atoms with van der Waals surface area (Å²) in [6, 6.07) is 0. The van der Waals surface area contributed by atoms with Crippen LogP contribution in [0.25, 0.3) is 0 Å². The number of carboxylic acids is 1. The average Bonchev–Trinajstić information content (AvgIpc) is 2.40. The zero-order chi connectivity index (χ0) is 14.6. The Morgan fingerprint density at radius 2 is 1.95 bits per heavy atom.